The van der Waals surface area contributed by atoms with Crippen LogP contribution in [0, 0.1) is 15.5 Å². The van der Waals surface area contributed by atoms with Gasteiger partial charge in [-0.2, -0.15) is 0 Å². The molecule has 1 fully saturated rings. The summed E-state index contributed by atoms with van der Waals surface area (Å²) >= 11 is 1.44. The molecule has 1 aliphatic rings. The van der Waals surface area contributed by atoms with Crippen molar-refractivity contribution in [2.24, 2.45) is 11.1 Å². The smallest absolute Gasteiger partial charge is 0.312 e. The Kier molecular flexibility index (Phi) is 8.04. The van der Waals surface area contributed by atoms with Crippen LogP contribution in [0.15, 0.2) is 79.1 Å². The SMILES string of the molecule is NC[C@@H](C(=O)Nc1cc2ccncc2s1)c1ccc(CC2(C(=O)OCc3ccccc3)CC(O[N+](=O)[O-])C2)cc1. The van der Waals surface area contributed by atoms with Crippen LogP contribution in [0.1, 0.15) is 35.4 Å². The topological polar surface area (TPSA) is 147 Å². The Morgan fingerprint density at radius 3 is 2.55 bits per heavy atom. The van der Waals surface area contributed by atoms with E-state index in [2.05, 4.69) is 10.3 Å². The summed E-state index contributed by atoms with van der Waals surface area (Å²) in [5.74, 6) is -1.19. The molecule has 1 atom stereocenters. The summed E-state index contributed by atoms with van der Waals surface area (Å²) in [5, 5.41) is 14.7. The van der Waals surface area contributed by atoms with E-state index in [0.29, 0.717) is 6.42 Å². The number of amides is 1. The average molecular weight is 561 g/mol. The zero-order chi connectivity index (χ0) is 28.1. The number of carbonyl (C=O) groups is 2. The van der Waals surface area contributed by atoms with Gasteiger partial charge in [-0.15, -0.1) is 21.5 Å². The number of aromatic nitrogens is 1. The fraction of sp³-hybridized carbons (Fsp3) is 0.276. The van der Waals surface area contributed by atoms with Crippen LogP contribution in [-0.4, -0.2) is 34.6 Å². The van der Waals surface area contributed by atoms with Gasteiger partial charge < -0.3 is 20.6 Å². The number of hydrogen-bond acceptors (Lipinski definition) is 9. The average Bonchev–Trinajstić information content (AvgIpc) is 3.34. The molecule has 0 spiro atoms. The van der Waals surface area contributed by atoms with Crippen LogP contribution in [-0.2, 0) is 32.2 Å². The second-order valence-corrected chi connectivity index (χ2v) is 11.0. The normalized spacial score (nSPS) is 18.9. The first-order chi connectivity index (χ1) is 19.3. The number of ether oxygens (including phenoxy) is 1. The molecule has 0 unspecified atom stereocenters. The molecule has 2 aromatic carbocycles. The van der Waals surface area contributed by atoms with Crippen LogP contribution in [0.5, 0.6) is 0 Å². The Morgan fingerprint density at radius 2 is 1.88 bits per heavy atom. The van der Waals surface area contributed by atoms with E-state index in [4.69, 9.17) is 15.3 Å². The second-order valence-electron chi connectivity index (χ2n) is 9.92. The molecular weight excluding hydrogens is 532 g/mol. The van der Waals surface area contributed by atoms with E-state index < -0.39 is 28.5 Å². The number of carbonyl (C=O) groups excluding carboxylic acids is 2. The third-order valence-electron chi connectivity index (χ3n) is 7.16. The van der Waals surface area contributed by atoms with Gasteiger partial charge in [0.15, 0.2) is 0 Å². The number of nitrogens with zero attached hydrogens (tertiary/aromatic N) is 2. The van der Waals surface area contributed by atoms with Crippen molar-refractivity contribution in [3.8, 4) is 0 Å². The molecule has 10 nitrogen and oxygen atoms in total. The molecule has 5 rings (SSSR count). The highest BCUT2D eigenvalue weighted by molar-refractivity contribution is 7.22. The van der Waals surface area contributed by atoms with E-state index in [0.717, 1.165) is 31.8 Å². The summed E-state index contributed by atoms with van der Waals surface area (Å²) in [6, 6.07) is 20.5. The van der Waals surface area contributed by atoms with Crippen molar-refractivity contribution in [3.05, 3.63) is 106 Å². The number of hydrogen-bond donors (Lipinski definition) is 2. The lowest BCUT2D eigenvalue weighted by Gasteiger charge is -2.44. The van der Waals surface area contributed by atoms with Gasteiger partial charge in [0.1, 0.15) is 12.7 Å². The van der Waals surface area contributed by atoms with Crippen molar-refractivity contribution in [1.82, 2.24) is 4.98 Å². The van der Waals surface area contributed by atoms with Gasteiger partial charge in [0, 0.05) is 18.9 Å². The zero-order valence-electron chi connectivity index (χ0n) is 21.5. The molecule has 40 heavy (non-hydrogen) atoms. The number of esters is 1. The highest BCUT2D eigenvalue weighted by atomic mass is 32.1. The van der Waals surface area contributed by atoms with Gasteiger partial charge in [-0.25, -0.2) is 0 Å². The number of fused-ring (bicyclic) bond motifs is 1. The molecule has 0 saturated heterocycles. The number of benzene rings is 2. The number of thiophene rings is 1. The maximum absolute atomic E-state index is 13.2. The lowest BCUT2D eigenvalue weighted by Crippen LogP contribution is -2.50. The fourth-order valence-corrected chi connectivity index (χ4v) is 6.01. The highest BCUT2D eigenvalue weighted by Crippen LogP contribution is 2.47. The maximum atomic E-state index is 13.2. The molecule has 206 valence electrons. The maximum Gasteiger partial charge on any atom is 0.312 e. The van der Waals surface area contributed by atoms with E-state index >= 15 is 0 Å². The van der Waals surface area contributed by atoms with Crippen molar-refractivity contribution < 1.29 is 24.3 Å². The number of pyridine rings is 1. The Morgan fingerprint density at radius 1 is 1.12 bits per heavy atom. The molecular formula is C29H28N4O6S. The van der Waals surface area contributed by atoms with E-state index in [1.807, 2.05) is 66.7 Å². The number of rotatable bonds is 11. The molecule has 11 heteroatoms. The molecule has 0 bridgehead atoms. The van der Waals surface area contributed by atoms with Crippen molar-refractivity contribution in [2.75, 3.05) is 11.9 Å². The molecule has 1 aliphatic carbocycles. The van der Waals surface area contributed by atoms with E-state index in [1.165, 1.54) is 11.3 Å². The van der Waals surface area contributed by atoms with Gasteiger partial charge in [-0.3, -0.25) is 14.6 Å². The van der Waals surface area contributed by atoms with Crippen LogP contribution in [0.4, 0.5) is 5.00 Å². The van der Waals surface area contributed by atoms with Gasteiger partial charge in [-0.05, 0) is 53.5 Å². The molecule has 0 aliphatic heterocycles. The molecule has 3 N–H and O–H groups in total. The monoisotopic (exact) mass is 560 g/mol. The molecule has 1 saturated carbocycles. The van der Waals surface area contributed by atoms with Crippen LogP contribution in [0.3, 0.4) is 0 Å². The molecule has 0 radical (unpaired) electrons. The molecule has 1 amide bonds. The summed E-state index contributed by atoms with van der Waals surface area (Å²) in [4.78, 5) is 45.9. The quantitative estimate of drug-likeness (QED) is 0.153. The van der Waals surface area contributed by atoms with Gasteiger partial charge in [-0.1, -0.05) is 54.6 Å². The van der Waals surface area contributed by atoms with Gasteiger partial charge in [0.2, 0.25) is 5.91 Å². The van der Waals surface area contributed by atoms with Gasteiger partial charge in [0.25, 0.3) is 5.09 Å². The van der Waals surface area contributed by atoms with Crippen LogP contribution in [0.25, 0.3) is 10.1 Å². The van der Waals surface area contributed by atoms with Crippen molar-refractivity contribution in [3.63, 3.8) is 0 Å². The van der Waals surface area contributed by atoms with E-state index in [9.17, 15) is 19.7 Å². The minimum absolute atomic E-state index is 0.116. The lowest BCUT2D eigenvalue weighted by molar-refractivity contribution is -0.773. The number of nitrogens with one attached hydrogen (secondary N) is 1. The number of nitrogens with two attached hydrogens (primary N) is 1. The summed E-state index contributed by atoms with van der Waals surface area (Å²) in [5.41, 5.74) is 7.49. The third-order valence-corrected chi connectivity index (χ3v) is 8.16. The first-order valence-corrected chi connectivity index (χ1v) is 13.6. The Bertz CT molecular complexity index is 1470. The predicted octanol–water partition coefficient (Wildman–Crippen LogP) is 4.62. The molecule has 2 heterocycles. The summed E-state index contributed by atoms with van der Waals surface area (Å²) < 4.78 is 6.59. The summed E-state index contributed by atoms with van der Waals surface area (Å²) in [6.07, 6.45) is 3.50. The van der Waals surface area contributed by atoms with Gasteiger partial charge in [0.05, 0.1) is 21.0 Å². The van der Waals surface area contributed by atoms with Crippen LogP contribution >= 0.6 is 11.3 Å². The Hall–Kier alpha value is -4.35. The van der Waals surface area contributed by atoms with Crippen LogP contribution < -0.4 is 11.1 Å². The molecule has 2 aromatic heterocycles. The first-order valence-electron chi connectivity index (χ1n) is 12.8. The van der Waals surface area contributed by atoms with E-state index in [1.54, 1.807) is 12.4 Å². The summed E-state index contributed by atoms with van der Waals surface area (Å²) in [7, 11) is 0. The lowest BCUT2D eigenvalue weighted by atomic mass is 9.63. The van der Waals surface area contributed by atoms with Gasteiger partial charge >= 0.3 is 5.97 Å². The second kappa shape index (κ2) is 11.8. The standard InChI is InChI=1S/C29H28N4O6S/c30-16-24(27(34)32-26-12-22-10-11-31-17-25(22)40-26)21-8-6-19(7-9-21)13-29(14-23(15-29)39-33(36)37)28(35)38-18-20-4-2-1-3-5-20/h1-12,17,23-24H,13-16,18,30H2,(H,32,34)/t23?,24-,29?/m1/s1. The van der Waals surface area contributed by atoms with Crippen molar-refractivity contribution in [2.45, 2.75) is 37.9 Å². The minimum Gasteiger partial charge on any atom is -0.460 e. The third kappa shape index (κ3) is 6.11. The minimum atomic E-state index is -0.933. The summed E-state index contributed by atoms with van der Waals surface area (Å²) in [6.45, 7) is 0.234. The Labute approximate surface area is 234 Å². The Balaban J connectivity index is 1.26. The number of anilines is 1. The zero-order valence-corrected chi connectivity index (χ0v) is 22.3. The fourth-order valence-electron chi connectivity index (χ4n) is 5.08. The van der Waals surface area contributed by atoms with Crippen molar-refractivity contribution >= 4 is 38.3 Å². The highest BCUT2D eigenvalue weighted by Gasteiger charge is 2.53. The van der Waals surface area contributed by atoms with Crippen LogP contribution in [0.2, 0.25) is 0 Å². The predicted molar refractivity (Wildman–Crippen MR) is 150 cm³/mol. The van der Waals surface area contributed by atoms with E-state index in [-0.39, 0.29) is 31.9 Å². The first kappa shape index (κ1) is 27.2. The van der Waals surface area contributed by atoms with Crippen molar-refractivity contribution in [1.29, 1.82) is 0 Å². The largest absolute Gasteiger partial charge is 0.460 e. The molecule has 4 aromatic rings.